The van der Waals surface area contributed by atoms with Crippen molar-refractivity contribution in [3.05, 3.63) is 54.1 Å². The van der Waals surface area contributed by atoms with Gasteiger partial charge in [0.2, 0.25) is 5.91 Å². The van der Waals surface area contributed by atoms with Crippen molar-refractivity contribution in [1.29, 1.82) is 0 Å². The van der Waals surface area contributed by atoms with Crippen molar-refractivity contribution in [2.24, 2.45) is 0 Å². The van der Waals surface area contributed by atoms with E-state index in [2.05, 4.69) is 0 Å². The molecule has 27 heavy (non-hydrogen) atoms. The van der Waals surface area contributed by atoms with Crippen LogP contribution in [0.3, 0.4) is 0 Å². The molecule has 1 aliphatic rings. The van der Waals surface area contributed by atoms with Gasteiger partial charge >= 0.3 is 0 Å². The molecule has 1 fully saturated rings. The zero-order valence-electron chi connectivity index (χ0n) is 15.6. The zero-order valence-corrected chi connectivity index (χ0v) is 16.4. The average Bonchev–Trinajstić information content (AvgIpc) is 3.21. The van der Waals surface area contributed by atoms with Gasteiger partial charge in [-0.1, -0.05) is 18.2 Å². The SMILES string of the molecule is COc1ccc(S(=O)(=O)N(CC(=O)N2CCCC2)c2ccccc2)cc1C. The Hall–Kier alpha value is -2.54. The first-order valence-corrected chi connectivity index (χ1v) is 10.4. The Labute approximate surface area is 160 Å². The van der Waals surface area contributed by atoms with Crippen molar-refractivity contribution in [2.75, 3.05) is 31.0 Å². The molecule has 0 atom stereocenters. The van der Waals surface area contributed by atoms with Crippen molar-refractivity contribution >= 4 is 21.6 Å². The summed E-state index contributed by atoms with van der Waals surface area (Å²) >= 11 is 0. The summed E-state index contributed by atoms with van der Waals surface area (Å²) in [6.45, 7) is 2.95. The Balaban J connectivity index is 1.98. The Bertz CT molecular complexity index is 907. The van der Waals surface area contributed by atoms with Crippen molar-refractivity contribution < 1.29 is 17.9 Å². The summed E-state index contributed by atoms with van der Waals surface area (Å²) in [6, 6.07) is 13.5. The molecule has 3 rings (SSSR count). The van der Waals surface area contributed by atoms with E-state index in [-0.39, 0.29) is 17.3 Å². The van der Waals surface area contributed by atoms with E-state index in [1.807, 2.05) is 6.07 Å². The monoisotopic (exact) mass is 388 g/mol. The molecular weight excluding hydrogens is 364 g/mol. The van der Waals surface area contributed by atoms with Gasteiger partial charge in [-0.2, -0.15) is 0 Å². The number of para-hydroxylation sites is 1. The molecule has 0 aliphatic carbocycles. The molecule has 144 valence electrons. The van der Waals surface area contributed by atoms with Gasteiger partial charge in [0.25, 0.3) is 10.0 Å². The summed E-state index contributed by atoms with van der Waals surface area (Å²) in [5.41, 5.74) is 1.19. The van der Waals surface area contributed by atoms with Crippen LogP contribution in [0.1, 0.15) is 18.4 Å². The minimum atomic E-state index is -3.90. The van der Waals surface area contributed by atoms with Crippen molar-refractivity contribution in [1.82, 2.24) is 4.90 Å². The van der Waals surface area contributed by atoms with Crippen LogP contribution in [0.4, 0.5) is 5.69 Å². The van der Waals surface area contributed by atoms with Crippen LogP contribution < -0.4 is 9.04 Å². The minimum Gasteiger partial charge on any atom is -0.496 e. The fraction of sp³-hybridized carbons (Fsp3) is 0.350. The van der Waals surface area contributed by atoms with Crippen LogP contribution in [0, 0.1) is 6.92 Å². The van der Waals surface area contributed by atoms with E-state index in [9.17, 15) is 13.2 Å². The normalized spacial score (nSPS) is 14.2. The summed E-state index contributed by atoms with van der Waals surface area (Å²) in [4.78, 5) is 14.5. The molecule has 0 aromatic heterocycles. The number of rotatable bonds is 6. The molecule has 0 bridgehead atoms. The molecule has 1 saturated heterocycles. The number of methoxy groups -OCH3 is 1. The number of likely N-dealkylation sites (tertiary alicyclic amines) is 1. The molecule has 1 heterocycles. The number of aryl methyl sites for hydroxylation is 1. The lowest BCUT2D eigenvalue weighted by molar-refractivity contribution is -0.128. The summed E-state index contributed by atoms with van der Waals surface area (Å²) < 4.78 is 33.1. The van der Waals surface area contributed by atoms with E-state index >= 15 is 0 Å². The lowest BCUT2D eigenvalue weighted by atomic mass is 10.2. The van der Waals surface area contributed by atoms with E-state index in [0.717, 1.165) is 18.4 Å². The van der Waals surface area contributed by atoms with Crippen molar-refractivity contribution in [3.63, 3.8) is 0 Å². The smallest absolute Gasteiger partial charge is 0.264 e. The van der Waals surface area contributed by atoms with Crippen LogP contribution in [0.25, 0.3) is 0 Å². The highest BCUT2D eigenvalue weighted by Gasteiger charge is 2.30. The predicted octanol–water partition coefficient (Wildman–Crippen LogP) is 2.82. The molecule has 0 saturated carbocycles. The second-order valence-corrected chi connectivity index (χ2v) is 8.43. The number of nitrogens with zero attached hydrogens (tertiary/aromatic N) is 2. The van der Waals surface area contributed by atoms with Crippen LogP contribution in [0.15, 0.2) is 53.4 Å². The van der Waals surface area contributed by atoms with Gasteiger partial charge in [-0.05, 0) is 55.7 Å². The maximum atomic E-state index is 13.3. The number of carbonyl (C=O) groups excluding carboxylic acids is 1. The standard InChI is InChI=1S/C20H24N2O4S/c1-16-14-18(10-11-19(16)26-2)27(24,25)22(17-8-4-3-5-9-17)15-20(23)21-12-6-7-13-21/h3-5,8-11,14H,6-7,12-13,15H2,1-2H3. The van der Waals surface area contributed by atoms with Crippen molar-refractivity contribution in [3.8, 4) is 5.75 Å². The molecule has 2 aromatic rings. The summed E-state index contributed by atoms with van der Waals surface area (Å²) in [5.74, 6) is 0.443. The Morgan fingerprint density at radius 1 is 1.11 bits per heavy atom. The van der Waals surface area contributed by atoms with Gasteiger partial charge in [0, 0.05) is 13.1 Å². The summed E-state index contributed by atoms with van der Waals surface area (Å²) in [5, 5.41) is 0. The first-order chi connectivity index (χ1) is 12.9. The highest BCUT2D eigenvalue weighted by Crippen LogP contribution is 2.27. The molecule has 0 spiro atoms. The number of hydrogen-bond donors (Lipinski definition) is 0. The van der Waals surface area contributed by atoms with Gasteiger partial charge in [0.05, 0.1) is 17.7 Å². The number of hydrogen-bond acceptors (Lipinski definition) is 4. The lowest BCUT2D eigenvalue weighted by Gasteiger charge is -2.26. The second-order valence-electron chi connectivity index (χ2n) is 6.57. The lowest BCUT2D eigenvalue weighted by Crippen LogP contribution is -2.42. The van der Waals surface area contributed by atoms with Gasteiger partial charge in [-0.3, -0.25) is 9.10 Å². The molecule has 6 nitrogen and oxygen atoms in total. The fourth-order valence-electron chi connectivity index (χ4n) is 3.24. The highest BCUT2D eigenvalue weighted by atomic mass is 32.2. The van der Waals surface area contributed by atoms with Crippen molar-refractivity contribution in [2.45, 2.75) is 24.7 Å². The summed E-state index contributed by atoms with van der Waals surface area (Å²) in [6.07, 6.45) is 1.92. The first kappa shape index (κ1) is 19.2. The third-order valence-corrected chi connectivity index (χ3v) is 6.51. The van der Waals surface area contributed by atoms with E-state index < -0.39 is 10.0 Å². The van der Waals surface area contributed by atoms with Crippen LogP contribution in [-0.4, -0.2) is 46.0 Å². The predicted molar refractivity (Wildman–Crippen MR) is 105 cm³/mol. The van der Waals surface area contributed by atoms with Gasteiger partial charge in [-0.15, -0.1) is 0 Å². The second kappa shape index (κ2) is 8.00. The third-order valence-electron chi connectivity index (χ3n) is 4.74. The van der Waals surface area contributed by atoms with Gasteiger partial charge < -0.3 is 9.64 Å². The quantitative estimate of drug-likeness (QED) is 0.763. The minimum absolute atomic E-state index is 0.138. The zero-order chi connectivity index (χ0) is 19.4. The number of amides is 1. The Morgan fingerprint density at radius 3 is 2.37 bits per heavy atom. The van der Waals surface area contributed by atoms with E-state index in [0.29, 0.717) is 24.5 Å². The molecule has 1 aliphatic heterocycles. The molecule has 0 unspecified atom stereocenters. The van der Waals surface area contributed by atoms with Gasteiger partial charge in [-0.25, -0.2) is 8.42 Å². The largest absolute Gasteiger partial charge is 0.496 e. The van der Waals surface area contributed by atoms with Gasteiger partial charge in [0.1, 0.15) is 12.3 Å². The maximum absolute atomic E-state index is 13.3. The molecule has 0 radical (unpaired) electrons. The van der Waals surface area contributed by atoms with Crippen LogP contribution >= 0.6 is 0 Å². The summed E-state index contributed by atoms with van der Waals surface area (Å²) in [7, 11) is -2.35. The molecule has 1 amide bonds. The highest BCUT2D eigenvalue weighted by molar-refractivity contribution is 7.92. The Morgan fingerprint density at radius 2 is 1.78 bits per heavy atom. The molecular formula is C20H24N2O4S. The van der Waals surface area contributed by atoms with Crippen LogP contribution in [0.5, 0.6) is 5.75 Å². The number of sulfonamides is 1. The van der Waals surface area contributed by atoms with E-state index in [4.69, 9.17) is 4.74 Å². The topological polar surface area (TPSA) is 66.9 Å². The van der Waals surface area contributed by atoms with Crippen LogP contribution in [-0.2, 0) is 14.8 Å². The van der Waals surface area contributed by atoms with E-state index in [1.165, 1.54) is 10.4 Å². The number of ether oxygens (including phenoxy) is 1. The Kier molecular flexibility index (Phi) is 5.70. The van der Waals surface area contributed by atoms with Crippen LogP contribution in [0.2, 0.25) is 0 Å². The molecule has 7 heteroatoms. The third kappa shape index (κ3) is 4.08. The first-order valence-electron chi connectivity index (χ1n) is 8.93. The molecule has 2 aromatic carbocycles. The number of benzene rings is 2. The average molecular weight is 388 g/mol. The van der Waals surface area contributed by atoms with Gasteiger partial charge in [0.15, 0.2) is 0 Å². The fourth-order valence-corrected chi connectivity index (χ4v) is 4.74. The maximum Gasteiger partial charge on any atom is 0.264 e. The van der Waals surface area contributed by atoms with E-state index in [1.54, 1.807) is 55.3 Å². The number of anilines is 1. The number of carbonyl (C=O) groups is 1. The molecule has 0 N–H and O–H groups in total.